The van der Waals surface area contributed by atoms with Crippen molar-refractivity contribution in [2.45, 2.75) is 13.0 Å². The molecule has 0 unspecified atom stereocenters. The minimum Gasteiger partial charge on any atom is -0.497 e. The fourth-order valence-corrected chi connectivity index (χ4v) is 2.46. The van der Waals surface area contributed by atoms with Crippen molar-refractivity contribution in [2.24, 2.45) is 0 Å². The quantitative estimate of drug-likeness (QED) is 0.508. The summed E-state index contributed by atoms with van der Waals surface area (Å²) in [6.45, 7) is 0.228. The van der Waals surface area contributed by atoms with Crippen molar-refractivity contribution in [1.29, 1.82) is 0 Å². The summed E-state index contributed by atoms with van der Waals surface area (Å²) < 4.78 is 10.4. The van der Waals surface area contributed by atoms with Crippen molar-refractivity contribution in [3.63, 3.8) is 0 Å². The lowest BCUT2D eigenvalue weighted by Crippen LogP contribution is -2.24. The Balaban J connectivity index is 1.54. The van der Waals surface area contributed by atoms with E-state index in [0.717, 1.165) is 11.3 Å². The van der Waals surface area contributed by atoms with Crippen LogP contribution in [-0.4, -0.2) is 23.1 Å². The van der Waals surface area contributed by atoms with Gasteiger partial charge in [-0.25, -0.2) is 0 Å². The fourth-order valence-electron chi connectivity index (χ4n) is 2.46. The van der Waals surface area contributed by atoms with Crippen LogP contribution in [0, 0.1) is 10.1 Å². The molecule has 0 fully saturated rings. The molecule has 27 heavy (non-hydrogen) atoms. The van der Waals surface area contributed by atoms with Crippen LogP contribution in [0.1, 0.15) is 11.3 Å². The third-order valence-electron chi connectivity index (χ3n) is 3.91. The van der Waals surface area contributed by atoms with E-state index >= 15 is 0 Å². The molecule has 3 rings (SSSR count). The zero-order chi connectivity index (χ0) is 19.2. The molecule has 1 heterocycles. The average Bonchev–Trinajstić information content (AvgIpc) is 3.16. The molecule has 1 N–H and O–H groups in total. The highest BCUT2D eigenvalue weighted by Crippen LogP contribution is 2.23. The van der Waals surface area contributed by atoms with Gasteiger partial charge in [-0.15, -0.1) is 0 Å². The molecule has 0 aliphatic carbocycles. The second kappa shape index (κ2) is 8.13. The third-order valence-corrected chi connectivity index (χ3v) is 3.91. The van der Waals surface area contributed by atoms with Crippen LogP contribution < -0.4 is 10.1 Å². The number of non-ortho nitro benzene ring substituents is 1. The Hall–Kier alpha value is -3.68. The Bertz CT molecular complexity index is 933. The molecule has 0 atom stereocenters. The van der Waals surface area contributed by atoms with Gasteiger partial charge in [0.05, 0.1) is 25.0 Å². The second-order valence-electron chi connectivity index (χ2n) is 5.79. The van der Waals surface area contributed by atoms with Crippen LogP contribution in [0.4, 0.5) is 5.69 Å². The normalized spacial score (nSPS) is 10.4. The van der Waals surface area contributed by atoms with Gasteiger partial charge in [0, 0.05) is 23.8 Å². The molecular formula is C19H17N3O5. The molecule has 0 aliphatic heterocycles. The standard InChI is InChI=1S/C19H17N3O5/c1-26-17-8-4-14(5-9-17)18-11-15(21-27-18)12-20-19(23)10-13-2-6-16(7-3-13)22(24)25/h2-9,11H,10,12H2,1H3,(H,20,23). The minimum atomic E-state index is -0.477. The van der Waals surface area contributed by atoms with E-state index in [1.165, 1.54) is 12.1 Å². The number of nitrogens with zero attached hydrogens (tertiary/aromatic N) is 2. The van der Waals surface area contributed by atoms with E-state index in [9.17, 15) is 14.9 Å². The molecule has 0 bridgehead atoms. The maximum absolute atomic E-state index is 12.0. The molecule has 8 nitrogen and oxygen atoms in total. The number of aromatic nitrogens is 1. The molecule has 138 valence electrons. The molecule has 1 amide bonds. The number of methoxy groups -OCH3 is 1. The van der Waals surface area contributed by atoms with Gasteiger partial charge in [-0.3, -0.25) is 14.9 Å². The summed E-state index contributed by atoms with van der Waals surface area (Å²) in [7, 11) is 1.60. The predicted octanol–water partition coefficient (Wildman–Crippen LogP) is 3.12. The van der Waals surface area contributed by atoms with Crippen molar-refractivity contribution < 1.29 is 19.0 Å². The van der Waals surface area contributed by atoms with Crippen LogP contribution >= 0.6 is 0 Å². The number of rotatable bonds is 7. The first-order chi connectivity index (χ1) is 13.0. The molecule has 1 aromatic heterocycles. The van der Waals surface area contributed by atoms with E-state index in [2.05, 4.69) is 10.5 Å². The SMILES string of the molecule is COc1ccc(-c2cc(CNC(=O)Cc3ccc([N+](=O)[O-])cc3)no2)cc1. The fraction of sp³-hybridized carbons (Fsp3) is 0.158. The number of nitro benzene ring substituents is 1. The van der Waals surface area contributed by atoms with Gasteiger partial charge < -0.3 is 14.6 Å². The molecule has 3 aromatic rings. The topological polar surface area (TPSA) is 108 Å². The van der Waals surface area contributed by atoms with Gasteiger partial charge in [0.15, 0.2) is 5.76 Å². The molecular weight excluding hydrogens is 350 g/mol. The van der Waals surface area contributed by atoms with Gasteiger partial charge in [0.25, 0.3) is 5.69 Å². The maximum atomic E-state index is 12.0. The summed E-state index contributed by atoms with van der Waals surface area (Å²) in [6, 6.07) is 15.0. The molecule has 0 saturated heterocycles. The van der Waals surface area contributed by atoms with Crippen LogP contribution in [0.5, 0.6) is 5.75 Å². The van der Waals surface area contributed by atoms with Gasteiger partial charge >= 0.3 is 0 Å². The monoisotopic (exact) mass is 367 g/mol. The lowest BCUT2D eigenvalue weighted by molar-refractivity contribution is -0.384. The highest BCUT2D eigenvalue weighted by molar-refractivity contribution is 5.78. The number of ether oxygens (including phenoxy) is 1. The number of nitro groups is 1. The van der Waals surface area contributed by atoms with Gasteiger partial charge in [-0.1, -0.05) is 17.3 Å². The summed E-state index contributed by atoms with van der Waals surface area (Å²) in [5, 5.41) is 17.3. The van der Waals surface area contributed by atoms with Crippen LogP contribution in [0.15, 0.2) is 59.1 Å². The van der Waals surface area contributed by atoms with E-state index in [1.54, 1.807) is 25.3 Å². The highest BCUT2D eigenvalue weighted by Gasteiger charge is 2.10. The first-order valence-corrected chi connectivity index (χ1v) is 8.15. The third kappa shape index (κ3) is 4.69. The van der Waals surface area contributed by atoms with E-state index in [0.29, 0.717) is 17.0 Å². The lowest BCUT2D eigenvalue weighted by Gasteiger charge is -2.03. The van der Waals surface area contributed by atoms with Crippen LogP contribution in [0.25, 0.3) is 11.3 Å². The van der Waals surface area contributed by atoms with Gasteiger partial charge in [0.2, 0.25) is 5.91 Å². The van der Waals surface area contributed by atoms with Crippen molar-refractivity contribution in [1.82, 2.24) is 10.5 Å². The second-order valence-corrected chi connectivity index (χ2v) is 5.79. The summed E-state index contributed by atoms with van der Waals surface area (Å²) in [5.41, 5.74) is 2.13. The number of nitrogens with one attached hydrogen (secondary N) is 1. The molecule has 0 aliphatic rings. The van der Waals surface area contributed by atoms with E-state index in [1.807, 2.05) is 24.3 Å². The summed E-state index contributed by atoms with van der Waals surface area (Å²) in [6.07, 6.45) is 0.126. The molecule has 2 aromatic carbocycles. The minimum absolute atomic E-state index is 0.00665. The first-order valence-electron chi connectivity index (χ1n) is 8.15. The molecule has 0 spiro atoms. The summed E-state index contributed by atoms with van der Waals surface area (Å²) in [5.74, 6) is 1.13. The van der Waals surface area contributed by atoms with Gasteiger partial charge in [-0.2, -0.15) is 0 Å². The number of carbonyl (C=O) groups excluding carboxylic acids is 1. The molecule has 0 radical (unpaired) electrons. The van der Waals surface area contributed by atoms with Crippen molar-refractivity contribution in [3.05, 3.63) is 76.0 Å². The van der Waals surface area contributed by atoms with Crippen LogP contribution in [0.3, 0.4) is 0 Å². The Labute approximate surface area is 154 Å². The molecule has 8 heteroatoms. The predicted molar refractivity (Wildman–Crippen MR) is 97.1 cm³/mol. The Kier molecular flexibility index (Phi) is 5.46. The number of amides is 1. The zero-order valence-corrected chi connectivity index (χ0v) is 14.5. The number of hydrogen-bond donors (Lipinski definition) is 1. The van der Waals surface area contributed by atoms with Crippen molar-refractivity contribution in [2.75, 3.05) is 7.11 Å². The van der Waals surface area contributed by atoms with Gasteiger partial charge in [-0.05, 0) is 29.8 Å². The van der Waals surface area contributed by atoms with E-state index in [4.69, 9.17) is 9.26 Å². The van der Waals surface area contributed by atoms with E-state index in [-0.39, 0.29) is 24.6 Å². The van der Waals surface area contributed by atoms with Crippen LogP contribution in [0.2, 0.25) is 0 Å². The number of carbonyl (C=O) groups is 1. The van der Waals surface area contributed by atoms with Crippen molar-refractivity contribution in [3.8, 4) is 17.1 Å². The van der Waals surface area contributed by atoms with Gasteiger partial charge in [0.1, 0.15) is 11.4 Å². The summed E-state index contributed by atoms with van der Waals surface area (Å²) >= 11 is 0. The largest absolute Gasteiger partial charge is 0.497 e. The average molecular weight is 367 g/mol. The Morgan fingerprint density at radius 2 is 1.89 bits per heavy atom. The van der Waals surface area contributed by atoms with E-state index < -0.39 is 4.92 Å². The first kappa shape index (κ1) is 18.1. The number of hydrogen-bond acceptors (Lipinski definition) is 6. The highest BCUT2D eigenvalue weighted by atomic mass is 16.6. The Morgan fingerprint density at radius 3 is 2.52 bits per heavy atom. The Morgan fingerprint density at radius 1 is 1.19 bits per heavy atom. The lowest BCUT2D eigenvalue weighted by atomic mass is 10.1. The molecule has 0 saturated carbocycles. The smallest absolute Gasteiger partial charge is 0.269 e. The van der Waals surface area contributed by atoms with Crippen LogP contribution in [-0.2, 0) is 17.8 Å². The number of benzene rings is 2. The maximum Gasteiger partial charge on any atom is 0.269 e. The van der Waals surface area contributed by atoms with Crippen molar-refractivity contribution >= 4 is 11.6 Å². The zero-order valence-electron chi connectivity index (χ0n) is 14.5. The summed E-state index contributed by atoms with van der Waals surface area (Å²) in [4.78, 5) is 22.2.